The molecule has 0 bridgehead atoms. The number of hydrogen-bond donors (Lipinski definition) is 1. The van der Waals surface area contributed by atoms with E-state index in [2.05, 4.69) is 18.3 Å². The minimum Gasteiger partial charge on any atom is -0.490 e. The van der Waals surface area contributed by atoms with Gasteiger partial charge in [0, 0.05) is 30.3 Å². The Labute approximate surface area is 174 Å². The van der Waals surface area contributed by atoms with Gasteiger partial charge in [-0.3, -0.25) is 0 Å². The molecular weight excluding hydrogens is 374 g/mol. The van der Waals surface area contributed by atoms with E-state index in [0.29, 0.717) is 18.2 Å². The number of benzene rings is 2. The fourth-order valence-electron chi connectivity index (χ4n) is 2.70. The normalized spacial score (nSPS) is 10.8. The average molecular weight is 406 g/mol. The molecule has 1 N–H and O–H groups in total. The summed E-state index contributed by atoms with van der Waals surface area (Å²) in [5.41, 5.74) is 2.12. The zero-order chi connectivity index (χ0) is 20.0. The highest BCUT2D eigenvalue weighted by Gasteiger charge is 2.08. The van der Waals surface area contributed by atoms with Crippen LogP contribution >= 0.6 is 11.6 Å². The quantitative estimate of drug-likeness (QED) is 0.414. The third-order valence-electron chi connectivity index (χ3n) is 4.26. The molecular formula is C23H32ClNO3. The minimum atomic E-state index is 0.412. The van der Waals surface area contributed by atoms with Gasteiger partial charge in [-0.15, -0.1) is 0 Å². The van der Waals surface area contributed by atoms with Gasteiger partial charge >= 0.3 is 0 Å². The fourth-order valence-corrected chi connectivity index (χ4v) is 2.89. The first-order valence-corrected chi connectivity index (χ1v) is 10.5. The van der Waals surface area contributed by atoms with Crippen LogP contribution in [-0.4, -0.2) is 26.4 Å². The summed E-state index contributed by atoms with van der Waals surface area (Å²) in [5, 5.41) is 4.16. The van der Waals surface area contributed by atoms with E-state index < -0.39 is 0 Å². The van der Waals surface area contributed by atoms with E-state index in [0.717, 1.165) is 56.2 Å². The Bertz CT molecular complexity index is 693. The number of unbranched alkanes of at least 4 members (excludes halogenated alkanes) is 1. The highest BCUT2D eigenvalue weighted by Crippen LogP contribution is 2.30. The molecule has 0 amide bonds. The third kappa shape index (κ3) is 8.09. The van der Waals surface area contributed by atoms with Crippen LogP contribution in [-0.2, 0) is 17.9 Å². The molecule has 0 saturated carbocycles. The summed E-state index contributed by atoms with van der Waals surface area (Å²) in [5.74, 6) is 1.49. The van der Waals surface area contributed by atoms with Crippen molar-refractivity contribution in [1.82, 2.24) is 5.32 Å². The van der Waals surface area contributed by atoms with Gasteiger partial charge in [-0.05, 0) is 50.1 Å². The second-order valence-corrected chi connectivity index (χ2v) is 7.00. The Hall–Kier alpha value is -1.75. The smallest absolute Gasteiger partial charge is 0.161 e. The molecule has 0 aliphatic rings. The van der Waals surface area contributed by atoms with Crippen molar-refractivity contribution in [3.63, 3.8) is 0 Å². The van der Waals surface area contributed by atoms with Crippen LogP contribution in [0.2, 0.25) is 5.02 Å². The lowest BCUT2D eigenvalue weighted by Crippen LogP contribution is -2.16. The van der Waals surface area contributed by atoms with E-state index >= 15 is 0 Å². The van der Waals surface area contributed by atoms with E-state index in [1.807, 2.05) is 43.3 Å². The molecule has 5 heteroatoms. The number of halogens is 1. The van der Waals surface area contributed by atoms with Crippen LogP contribution in [0.25, 0.3) is 0 Å². The molecule has 0 aliphatic heterocycles. The molecule has 4 nitrogen and oxygen atoms in total. The predicted molar refractivity (Wildman–Crippen MR) is 115 cm³/mol. The molecule has 0 unspecified atom stereocenters. The number of nitrogens with one attached hydrogen (secondary N) is 1. The molecule has 154 valence electrons. The molecule has 0 spiro atoms. The van der Waals surface area contributed by atoms with Crippen molar-refractivity contribution in [3.05, 3.63) is 58.6 Å². The van der Waals surface area contributed by atoms with Crippen LogP contribution in [0.4, 0.5) is 0 Å². The van der Waals surface area contributed by atoms with Crippen LogP contribution in [0.15, 0.2) is 42.5 Å². The van der Waals surface area contributed by atoms with Gasteiger partial charge < -0.3 is 19.5 Å². The Morgan fingerprint density at radius 2 is 1.75 bits per heavy atom. The van der Waals surface area contributed by atoms with Crippen molar-refractivity contribution in [2.75, 3.05) is 26.4 Å². The SMILES string of the molecule is CCCCOCCCNCc1ccc(OCc2ccccc2Cl)c(OCC)c1. The van der Waals surface area contributed by atoms with Crippen LogP contribution < -0.4 is 14.8 Å². The summed E-state index contributed by atoms with van der Waals surface area (Å²) >= 11 is 6.21. The van der Waals surface area contributed by atoms with Gasteiger partial charge in [0.25, 0.3) is 0 Å². The molecule has 2 aromatic rings. The number of rotatable bonds is 14. The van der Waals surface area contributed by atoms with Gasteiger partial charge in [0.2, 0.25) is 0 Å². The largest absolute Gasteiger partial charge is 0.490 e. The highest BCUT2D eigenvalue weighted by molar-refractivity contribution is 6.31. The first-order chi connectivity index (χ1) is 13.7. The topological polar surface area (TPSA) is 39.7 Å². The lowest BCUT2D eigenvalue weighted by molar-refractivity contribution is 0.129. The zero-order valence-corrected chi connectivity index (χ0v) is 17.8. The van der Waals surface area contributed by atoms with Crippen molar-refractivity contribution in [2.24, 2.45) is 0 Å². The maximum Gasteiger partial charge on any atom is 0.161 e. The first kappa shape index (κ1) is 22.5. The molecule has 0 aliphatic carbocycles. The highest BCUT2D eigenvalue weighted by atomic mass is 35.5. The van der Waals surface area contributed by atoms with E-state index in [1.165, 1.54) is 12.0 Å². The van der Waals surface area contributed by atoms with E-state index in [4.69, 9.17) is 25.8 Å². The zero-order valence-electron chi connectivity index (χ0n) is 17.0. The lowest BCUT2D eigenvalue weighted by atomic mass is 10.2. The summed E-state index contributed by atoms with van der Waals surface area (Å²) < 4.78 is 17.3. The van der Waals surface area contributed by atoms with Gasteiger partial charge in [-0.25, -0.2) is 0 Å². The summed E-state index contributed by atoms with van der Waals surface area (Å²) in [7, 11) is 0. The Morgan fingerprint density at radius 1 is 0.929 bits per heavy atom. The van der Waals surface area contributed by atoms with E-state index in [9.17, 15) is 0 Å². The number of ether oxygens (including phenoxy) is 3. The second kappa shape index (κ2) is 13.4. The van der Waals surface area contributed by atoms with Gasteiger partial charge in [0.1, 0.15) is 6.61 Å². The van der Waals surface area contributed by atoms with E-state index in [1.54, 1.807) is 0 Å². The first-order valence-electron chi connectivity index (χ1n) is 10.1. The molecule has 0 saturated heterocycles. The van der Waals surface area contributed by atoms with Crippen LogP contribution in [0.3, 0.4) is 0 Å². The van der Waals surface area contributed by atoms with Crippen molar-refractivity contribution in [3.8, 4) is 11.5 Å². The molecule has 2 aromatic carbocycles. The summed E-state index contributed by atoms with van der Waals surface area (Å²) in [6.07, 6.45) is 3.33. The molecule has 0 heterocycles. The van der Waals surface area contributed by atoms with E-state index in [-0.39, 0.29) is 0 Å². The monoisotopic (exact) mass is 405 g/mol. The van der Waals surface area contributed by atoms with Gasteiger partial charge in [-0.2, -0.15) is 0 Å². The van der Waals surface area contributed by atoms with Crippen LogP contribution in [0.1, 0.15) is 44.2 Å². The Kier molecular flexibility index (Phi) is 10.8. The van der Waals surface area contributed by atoms with Crippen molar-refractivity contribution in [2.45, 2.75) is 46.3 Å². The molecule has 2 rings (SSSR count). The minimum absolute atomic E-state index is 0.412. The van der Waals surface area contributed by atoms with Crippen LogP contribution in [0, 0.1) is 0 Å². The van der Waals surface area contributed by atoms with Crippen molar-refractivity contribution < 1.29 is 14.2 Å². The van der Waals surface area contributed by atoms with Crippen molar-refractivity contribution >= 4 is 11.6 Å². The predicted octanol–water partition coefficient (Wildman–Crippen LogP) is 5.61. The number of hydrogen-bond acceptors (Lipinski definition) is 4. The summed E-state index contributed by atoms with van der Waals surface area (Å²) in [6.45, 7) is 8.55. The summed E-state index contributed by atoms with van der Waals surface area (Å²) in [4.78, 5) is 0. The van der Waals surface area contributed by atoms with Crippen LogP contribution in [0.5, 0.6) is 11.5 Å². The fraction of sp³-hybridized carbons (Fsp3) is 0.478. The molecule has 0 fully saturated rings. The maximum atomic E-state index is 6.21. The van der Waals surface area contributed by atoms with Gasteiger partial charge in [0.15, 0.2) is 11.5 Å². The average Bonchev–Trinajstić information content (AvgIpc) is 2.70. The molecule has 0 aromatic heterocycles. The third-order valence-corrected chi connectivity index (χ3v) is 4.63. The molecule has 0 atom stereocenters. The second-order valence-electron chi connectivity index (χ2n) is 6.59. The van der Waals surface area contributed by atoms with Crippen molar-refractivity contribution in [1.29, 1.82) is 0 Å². The summed E-state index contributed by atoms with van der Waals surface area (Å²) in [6, 6.07) is 13.8. The van der Waals surface area contributed by atoms with Gasteiger partial charge in [-0.1, -0.05) is 49.2 Å². The molecule has 28 heavy (non-hydrogen) atoms. The van der Waals surface area contributed by atoms with Gasteiger partial charge in [0.05, 0.1) is 6.61 Å². The Balaban J connectivity index is 1.81. The lowest BCUT2D eigenvalue weighted by Gasteiger charge is -2.14. The molecule has 0 radical (unpaired) electrons. The Morgan fingerprint density at radius 3 is 2.54 bits per heavy atom. The maximum absolute atomic E-state index is 6.21. The standard InChI is InChI=1S/C23H32ClNO3/c1-3-5-14-26-15-8-13-25-17-19-11-12-22(23(16-19)27-4-2)28-18-20-9-6-7-10-21(20)24/h6-7,9-12,16,25H,3-5,8,13-15,17-18H2,1-2H3.